The summed E-state index contributed by atoms with van der Waals surface area (Å²) in [6.45, 7) is 2.11. The summed E-state index contributed by atoms with van der Waals surface area (Å²) in [5.74, 6) is 0.0368. The molecular weight excluding hydrogens is 366 g/mol. The van der Waals surface area contributed by atoms with Gasteiger partial charge in [0.1, 0.15) is 0 Å². The predicted octanol–water partition coefficient (Wildman–Crippen LogP) is 1.20. The summed E-state index contributed by atoms with van der Waals surface area (Å²) in [6, 6.07) is 4.02. The molecule has 1 aliphatic rings. The van der Waals surface area contributed by atoms with Gasteiger partial charge in [0.25, 0.3) is 0 Å². The summed E-state index contributed by atoms with van der Waals surface area (Å²) in [7, 11) is -1.48. The molecule has 0 unspecified atom stereocenters. The number of sulfonamides is 1. The molecule has 0 aliphatic carbocycles. The van der Waals surface area contributed by atoms with Crippen molar-refractivity contribution in [2.24, 2.45) is 0 Å². The van der Waals surface area contributed by atoms with Crippen molar-refractivity contribution < 1.29 is 8.42 Å². The molecule has 0 amide bonds. The van der Waals surface area contributed by atoms with Crippen LogP contribution < -0.4 is 0 Å². The molecule has 0 atom stereocenters. The maximum Gasteiger partial charge on any atom is 0.213 e. The van der Waals surface area contributed by atoms with Gasteiger partial charge in [0, 0.05) is 55.3 Å². The van der Waals surface area contributed by atoms with Gasteiger partial charge in [0.05, 0.1) is 30.0 Å². The zero-order valence-corrected chi connectivity index (χ0v) is 16.0. The Labute approximate surface area is 157 Å². The van der Waals surface area contributed by atoms with Crippen LogP contribution in [0.4, 0.5) is 0 Å². The van der Waals surface area contributed by atoms with Gasteiger partial charge in [-0.2, -0.15) is 14.7 Å². The van der Waals surface area contributed by atoms with Crippen LogP contribution in [0.1, 0.15) is 18.9 Å². The first-order valence-corrected chi connectivity index (χ1v) is 10.1. The fourth-order valence-electron chi connectivity index (χ4n) is 3.23. The molecule has 3 heterocycles. The van der Waals surface area contributed by atoms with Gasteiger partial charge >= 0.3 is 0 Å². The highest BCUT2D eigenvalue weighted by molar-refractivity contribution is 7.89. The Balaban J connectivity index is 1.93. The number of H-pyrrole nitrogens is 1. The molecule has 2 aromatic rings. The third-order valence-electron chi connectivity index (χ3n) is 5.02. The van der Waals surface area contributed by atoms with Crippen molar-refractivity contribution in [2.45, 2.75) is 18.9 Å². The Morgan fingerprint density at radius 2 is 2.30 bits per heavy atom. The molecule has 9 nitrogen and oxygen atoms in total. The van der Waals surface area contributed by atoms with Gasteiger partial charge in [-0.15, -0.1) is 5.10 Å². The summed E-state index contributed by atoms with van der Waals surface area (Å²) >= 11 is 0. The molecule has 1 fully saturated rings. The number of nitrogens with one attached hydrogen (secondary N) is 2. The number of hydrogen-bond acceptors (Lipinski definition) is 7. The van der Waals surface area contributed by atoms with Crippen LogP contribution in [0, 0.1) is 16.7 Å². The van der Waals surface area contributed by atoms with Crippen LogP contribution >= 0.6 is 0 Å². The maximum atomic E-state index is 12.1. The van der Waals surface area contributed by atoms with E-state index in [2.05, 4.69) is 21.3 Å². The Morgan fingerprint density at radius 1 is 1.56 bits per heavy atom. The number of hydrogen-bond donors (Lipinski definition) is 2. The first kappa shape index (κ1) is 19.0. The van der Waals surface area contributed by atoms with Gasteiger partial charge in [0.2, 0.25) is 10.0 Å². The van der Waals surface area contributed by atoms with Crippen molar-refractivity contribution in [1.29, 1.82) is 10.7 Å². The fraction of sp³-hybridized carbons (Fsp3) is 0.412. The molecule has 0 aromatic carbocycles. The first-order chi connectivity index (χ1) is 12.9. The zero-order valence-electron chi connectivity index (χ0n) is 15.2. The van der Waals surface area contributed by atoms with E-state index in [0.29, 0.717) is 11.2 Å². The minimum absolute atomic E-state index is 0.0368. The average molecular weight is 387 g/mol. The average Bonchev–Trinajstić information content (AvgIpc) is 3.10. The molecule has 1 saturated heterocycles. The van der Waals surface area contributed by atoms with Gasteiger partial charge in [-0.1, -0.05) is 0 Å². The largest absolute Gasteiger partial charge is 0.370 e. The van der Waals surface area contributed by atoms with E-state index in [1.54, 1.807) is 32.6 Å². The second kappa shape index (κ2) is 7.09. The number of aromatic nitrogens is 3. The SMILES string of the molecule is CCS(=O)(=O)N1CC(CC#N)(N(C)C=C(C=N)c2cnnc3[nH]ccc23)C1. The van der Waals surface area contributed by atoms with E-state index < -0.39 is 15.6 Å². The Kier molecular flexibility index (Phi) is 4.99. The van der Waals surface area contributed by atoms with Gasteiger partial charge in [-0.3, -0.25) is 0 Å². The van der Waals surface area contributed by atoms with Crippen LogP contribution in [-0.2, 0) is 10.0 Å². The summed E-state index contributed by atoms with van der Waals surface area (Å²) in [5, 5.41) is 25.9. The molecular formula is C17H21N7O2S. The molecule has 1 aliphatic heterocycles. The number of rotatable bonds is 7. The molecule has 2 N–H and O–H groups in total. The molecule has 0 bridgehead atoms. The van der Waals surface area contributed by atoms with Crippen LogP contribution in [0.15, 0.2) is 24.7 Å². The minimum Gasteiger partial charge on any atom is -0.370 e. The Hall–Kier alpha value is -2.77. The van der Waals surface area contributed by atoms with Gasteiger partial charge in [-0.05, 0) is 13.0 Å². The highest BCUT2D eigenvalue weighted by Gasteiger charge is 2.49. The van der Waals surface area contributed by atoms with Crippen molar-refractivity contribution in [3.63, 3.8) is 0 Å². The molecule has 2 aromatic heterocycles. The lowest BCUT2D eigenvalue weighted by molar-refractivity contribution is 0.0403. The molecule has 10 heteroatoms. The van der Waals surface area contributed by atoms with E-state index >= 15 is 0 Å². The van der Waals surface area contributed by atoms with Crippen LogP contribution in [0.5, 0.6) is 0 Å². The second-order valence-electron chi connectivity index (χ2n) is 6.57. The van der Waals surface area contributed by atoms with Gasteiger partial charge in [-0.25, -0.2) is 8.42 Å². The fourth-order valence-corrected chi connectivity index (χ4v) is 4.47. The Morgan fingerprint density at radius 3 is 2.93 bits per heavy atom. The molecule has 3 rings (SSSR count). The quantitative estimate of drug-likeness (QED) is 0.687. The standard InChI is InChI=1S/C17H21N7O2S/c1-3-27(25,26)24-11-17(12-24,5-6-18)23(2)10-13(8-19)15-9-21-22-16-14(15)4-7-20-16/h4,7-10,19H,3,5,11-12H2,1-2H3,(H,20,22). The van der Waals surface area contributed by atoms with Crippen LogP contribution in [0.2, 0.25) is 0 Å². The first-order valence-electron chi connectivity index (χ1n) is 8.46. The summed E-state index contributed by atoms with van der Waals surface area (Å²) in [4.78, 5) is 4.83. The summed E-state index contributed by atoms with van der Waals surface area (Å²) < 4.78 is 25.5. The van der Waals surface area contributed by atoms with Crippen LogP contribution in [0.25, 0.3) is 16.6 Å². The molecule has 0 spiro atoms. The van der Waals surface area contributed by atoms with Crippen LogP contribution in [0.3, 0.4) is 0 Å². The minimum atomic E-state index is -3.28. The monoisotopic (exact) mass is 387 g/mol. The van der Waals surface area contributed by atoms with E-state index in [4.69, 9.17) is 5.41 Å². The lowest BCUT2D eigenvalue weighted by atomic mass is 9.87. The third-order valence-corrected chi connectivity index (χ3v) is 6.79. The number of allylic oxidation sites excluding steroid dienone is 1. The topological polar surface area (TPSA) is 130 Å². The van der Waals surface area contributed by atoms with Gasteiger partial charge < -0.3 is 15.3 Å². The lowest BCUT2D eigenvalue weighted by Gasteiger charge is -2.52. The van der Waals surface area contributed by atoms with E-state index in [-0.39, 0.29) is 25.3 Å². The zero-order chi connectivity index (χ0) is 19.7. The van der Waals surface area contributed by atoms with E-state index in [1.807, 2.05) is 11.0 Å². The second-order valence-corrected chi connectivity index (χ2v) is 8.82. The van der Waals surface area contributed by atoms with Crippen molar-refractivity contribution >= 4 is 32.8 Å². The van der Waals surface area contributed by atoms with Crippen LogP contribution in [-0.4, -0.2) is 70.4 Å². The third kappa shape index (κ3) is 3.31. The predicted molar refractivity (Wildman–Crippen MR) is 102 cm³/mol. The lowest BCUT2D eigenvalue weighted by Crippen LogP contribution is -2.69. The van der Waals surface area contributed by atoms with Gasteiger partial charge in [0.15, 0.2) is 5.65 Å². The number of likely N-dealkylation sites (N-methyl/N-ethyl adjacent to an activating group) is 1. The molecule has 0 saturated carbocycles. The molecule has 0 radical (unpaired) electrons. The van der Waals surface area contributed by atoms with Crippen molar-refractivity contribution in [2.75, 3.05) is 25.9 Å². The number of nitriles is 1. The van der Waals surface area contributed by atoms with Crippen molar-refractivity contribution in [1.82, 2.24) is 24.4 Å². The number of aromatic amines is 1. The summed E-state index contributed by atoms with van der Waals surface area (Å²) in [5.41, 5.74) is 1.36. The highest BCUT2D eigenvalue weighted by Crippen LogP contribution is 2.34. The summed E-state index contributed by atoms with van der Waals surface area (Å²) in [6.07, 6.45) is 6.52. The normalized spacial score (nSPS) is 17.3. The van der Waals surface area contributed by atoms with E-state index in [0.717, 1.165) is 10.9 Å². The smallest absolute Gasteiger partial charge is 0.213 e. The number of nitrogens with zero attached hydrogens (tertiary/aromatic N) is 5. The number of fused-ring (bicyclic) bond motifs is 1. The van der Waals surface area contributed by atoms with Crippen molar-refractivity contribution in [3.05, 3.63) is 30.2 Å². The Bertz CT molecular complexity index is 1030. The van der Waals surface area contributed by atoms with E-state index in [9.17, 15) is 13.7 Å². The molecule has 142 valence electrons. The maximum absolute atomic E-state index is 12.1. The molecule has 27 heavy (non-hydrogen) atoms. The highest BCUT2D eigenvalue weighted by atomic mass is 32.2. The van der Waals surface area contributed by atoms with E-state index in [1.165, 1.54) is 10.5 Å². The van der Waals surface area contributed by atoms with Crippen molar-refractivity contribution in [3.8, 4) is 6.07 Å².